The average Bonchev–Trinajstić information content (AvgIpc) is 2.43. The number of rotatable bonds is 8. The number of amides is 1. The Labute approximate surface area is 113 Å². The minimum Gasteiger partial charge on any atom is -0.377 e. The van der Waals surface area contributed by atoms with E-state index in [1.807, 2.05) is 13.8 Å². The van der Waals surface area contributed by atoms with Crippen LogP contribution in [0.3, 0.4) is 0 Å². The standard InChI is InChI=1S/C13H22N4O2/c1-4-8-14-12-7-6-11(16-17-12)13(18)15-9-10(3)19-5-2/h6-7,10H,4-5,8-9H2,1-3H3,(H,14,17)(H,15,18). The van der Waals surface area contributed by atoms with Crippen LogP contribution in [0.2, 0.25) is 0 Å². The molecule has 2 N–H and O–H groups in total. The normalized spacial score (nSPS) is 11.9. The monoisotopic (exact) mass is 266 g/mol. The Morgan fingerprint density at radius 3 is 2.74 bits per heavy atom. The van der Waals surface area contributed by atoms with Gasteiger partial charge in [0.25, 0.3) is 5.91 Å². The lowest BCUT2D eigenvalue weighted by atomic mass is 10.3. The van der Waals surface area contributed by atoms with E-state index in [2.05, 4.69) is 27.8 Å². The maximum atomic E-state index is 11.8. The Morgan fingerprint density at radius 1 is 1.37 bits per heavy atom. The van der Waals surface area contributed by atoms with Crippen molar-refractivity contribution in [3.8, 4) is 0 Å². The van der Waals surface area contributed by atoms with Gasteiger partial charge in [0.1, 0.15) is 5.82 Å². The molecule has 0 saturated heterocycles. The van der Waals surface area contributed by atoms with Crippen LogP contribution in [0.15, 0.2) is 12.1 Å². The summed E-state index contributed by atoms with van der Waals surface area (Å²) in [6, 6.07) is 3.41. The SMILES string of the molecule is CCCNc1ccc(C(=O)NCC(C)OCC)nn1. The van der Waals surface area contributed by atoms with E-state index in [-0.39, 0.29) is 12.0 Å². The first-order chi connectivity index (χ1) is 9.17. The van der Waals surface area contributed by atoms with Gasteiger partial charge in [0.2, 0.25) is 0 Å². The molecule has 6 nitrogen and oxygen atoms in total. The number of ether oxygens (including phenoxy) is 1. The molecule has 0 saturated carbocycles. The smallest absolute Gasteiger partial charge is 0.271 e. The Kier molecular flexibility index (Phi) is 6.81. The van der Waals surface area contributed by atoms with Crippen molar-refractivity contribution >= 4 is 11.7 Å². The van der Waals surface area contributed by atoms with E-state index >= 15 is 0 Å². The molecule has 6 heteroatoms. The molecular weight excluding hydrogens is 244 g/mol. The van der Waals surface area contributed by atoms with E-state index in [4.69, 9.17) is 4.74 Å². The second-order valence-electron chi connectivity index (χ2n) is 4.21. The third kappa shape index (κ3) is 5.65. The minimum absolute atomic E-state index is 0.00703. The van der Waals surface area contributed by atoms with Gasteiger partial charge >= 0.3 is 0 Å². The van der Waals surface area contributed by atoms with E-state index in [0.29, 0.717) is 24.7 Å². The van der Waals surface area contributed by atoms with Crippen molar-refractivity contribution in [1.82, 2.24) is 15.5 Å². The number of carbonyl (C=O) groups is 1. The summed E-state index contributed by atoms with van der Waals surface area (Å²) in [5, 5.41) is 13.7. The van der Waals surface area contributed by atoms with E-state index in [0.717, 1.165) is 13.0 Å². The Bertz CT molecular complexity index is 381. The van der Waals surface area contributed by atoms with Crippen LogP contribution in [0.25, 0.3) is 0 Å². The van der Waals surface area contributed by atoms with Crippen LogP contribution in [0.5, 0.6) is 0 Å². The number of nitrogens with one attached hydrogen (secondary N) is 2. The molecule has 0 radical (unpaired) electrons. The molecule has 1 atom stereocenters. The third-order valence-corrected chi connectivity index (χ3v) is 2.45. The maximum absolute atomic E-state index is 11.8. The molecule has 0 aliphatic heterocycles. The quantitative estimate of drug-likeness (QED) is 0.745. The highest BCUT2D eigenvalue weighted by Crippen LogP contribution is 2.02. The second kappa shape index (κ2) is 8.42. The zero-order valence-electron chi connectivity index (χ0n) is 11.8. The summed E-state index contributed by atoms with van der Waals surface area (Å²) in [6.45, 7) is 7.84. The molecule has 19 heavy (non-hydrogen) atoms. The first-order valence-electron chi connectivity index (χ1n) is 6.64. The molecule has 1 unspecified atom stereocenters. The van der Waals surface area contributed by atoms with Gasteiger partial charge in [-0.25, -0.2) is 0 Å². The fraction of sp³-hybridized carbons (Fsp3) is 0.615. The van der Waals surface area contributed by atoms with Gasteiger partial charge in [0, 0.05) is 19.7 Å². The molecule has 0 fully saturated rings. The summed E-state index contributed by atoms with van der Waals surface area (Å²) < 4.78 is 5.33. The molecule has 0 aliphatic carbocycles. The molecule has 1 aromatic heterocycles. The summed E-state index contributed by atoms with van der Waals surface area (Å²) in [7, 11) is 0. The Hall–Kier alpha value is -1.69. The van der Waals surface area contributed by atoms with Crippen LogP contribution in [0.1, 0.15) is 37.7 Å². The molecule has 106 valence electrons. The summed E-state index contributed by atoms with van der Waals surface area (Å²) in [6.07, 6.45) is 1.01. The van der Waals surface area contributed by atoms with E-state index in [1.165, 1.54) is 0 Å². The van der Waals surface area contributed by atoms with Crippen molar-refractivity contribution < 1.29 is 9.53 Å². The molecule has 1 aromatic rings. The zero-order valence-corrected chi connectivity index (χ0v) is 11.8. The van der Waals surface area contributed by atoms with E-state index in [1.54, 1.807) is 12.1 Å². The van der Waals surface area contributed by atoms with E-state index in [9.17, 15) is 4.79 Å². The van der Waals surface area contributed by atoms with Crippen molar-refractivity contribution in [2.75, 3.05) is 25.0 Å². The van der Waals surface area contributed by atoms with Gasteiger partial charge < -0.3 is 15.4 Å². The fourth-order valence-electron chi connectivity index (χ4n) is 1.47. The third-order valence-electron chi connectivity index (χ3n) is 2.45. The Morgan fingerprint density at radius 2 is 2.16 bits per heavy atom. The fourth-order valence-corrected chi connectivity index (χ4v) is 1.47. The van der Waals surface area contributed by atoms with Crippen LogP contribution in [-0.4, -0.2) is 41.9 Å². The summed E-state index contributed by atoms with van der Waals surface area (Å²) in [4.78, 5) is 11.8. The maximum Gasteiger partial charge on any atom is 0.271 e. The van der Waals surface area contributed by atoms with Gasteiger partial charge in [-0.1, -0.05) is 6.92 Å². The molecular formula is C13H22N4O2. The van der Waals surface area contributed by atoms with Gasteiger partial charge in [-0.3, -0.25) is 4.79 Å². The lowest BCUT2D eigenvalue weighted by Crippen LogP contribution is -2.32. The van der Waals surface area contributed by atoms with E-state index < -0.39 is 0 Å². The van der Waals surface area contributed by atoms with Gasteiger partial charge in [-0.2, -0.15) is 0 Å². The topological polar surface area (TPSA) is 76.1 Å². The van der Waals surface area contributed by atoms with Crippen LogP contribution < -0.4 is 10.6 Å². The summed E-state index contributed by atoms with van der Waals surface area (Å²) in [5.41, 5.74) is 0.311. The molecule has 0 aromatic carbocycles. The van der Waals surface area contributed by atoms with Gasteiger partial charge in [-0.15, -0.1) is 10.2 Å². The molecule has 0 spiro atoms. The van der Waals surface area contributed by atoms with Gasteiger partial charge in [0.05, 0.1) is 6.10 Å². The van der Waals surface area contributed by atoms with Gasteiger partial charge in [-0.05, 0) is 32.4 Å². The zero-order chi connectivity index (χ0) is 14.1. The predicted octanol–water partition coefficient (Wildman–Crippen LogP) is 1.45. The number of nitrogens with zero attached hydrogens (tertiary/aromatic N) is 2. The van der Waals surface area contributed by atoms with Crippen molar-refractivity contribution in [3.05, 3.63) is 17.8 Å². The van der Waals surface area contributed by atoms with Crippen LogP contribution >= 0.6 is 0 Å². The summed E-state index contributed by atoms with van der Waals surface area (Å²) >= 11 is 0. The van der Waals surface area contributed by atoms with Crippen LogP contribution in [0.4, 0.5) is 5.82 Å². The van der Waals surface area contributed by atoms with Crippen molar-refractivity contribution in [2.45, 2.75) is 33.3 Å². The number of anilines is 1. The molecule has 1 amide bonds. The molecule has 0 bridgehead atoms. The van der Waals surface area contributed by atoms with Crippen molar-refractivity contribution in [1.29, 1.82) is 0 Å². The lowest BCUT2D eigenvalue weighted by Gasteiger charge is -2.12. The first kappa shape index (κ1) is 15.4. The number of hydrogen-bond acceptors (Lipinski definition) is 5. The first-order valence-corrected chi connectivity index (χ1v) is 6.64. The van der Waals surface area contributed by atoms with Crippen LogP contribution in [-0.2, 0) is 4.74 Å². The highest BCUT2D eigenvalue weighted by atomic mass is 16.5. The largest absolute Gasteiger partial charge is 0.377 e. The lowest BCUT2D eigenvalue weighted by molar-refractivity contribution is 0.0693. The van der Waals surface area contributed by atoms with Crippen molar-refractivity contribution in [3.63, 3.8) is 0 Å². The predicted molar refractivity (Wildman–Crippen MR) is 74.2 cm³/mol. The van der Waals surface area contributed by atoms with Gasteiger partial charge in [0.15, 0.2) is 5.69 Å². The minimum atomic E-state index is -0.235. The Balaban J connectivity index is 2.44. The number of carbonyl (C=O) groups excluding carboxylic acids is 1. The highest BCUT2D eigenvalue weighted by Gasteiger charge is 2.09. The van der Waals surface area contributed by atoms with Crippen molar-refractivity contribution in [2.24, 2.45) is 0 Å². The summed E-state index contributed by atoms with van der Waals surface area (Å²) in [5.74, 6) is 0.446. The molecule has 1 rings (SSSR count). The molecule has 0 aliphatic rings. The molecule has 1 heterocycles. The number of aromatic nitrogens is 2. The second-order valence-corrected chi connectivity index (χ2v) is 4.21. The highest BCUT2D eigenvalue weighted by molar-refractivity contribution is 5.92. The van der Waals surface area contributed by atoms with Crippen LogP contribution in [0, 0.1) is 0 Å². The average molecular weight is 266 g/mol. The number of hydrogen-bond donors (Lipinski definition) is 2.